The average molecular weight is 446 g/mol. The van der Waals surface area contributed by atoms with Gasteiger partial charge in [-0.1, -0.05) is 6.07 Å². The van der Waals surface area contributed by atoms with Crippen LogP contribution in [0.15, 0.2) is 55.0 Å². The number of carbonyl (C=O) groups excluding carboxylic acids is 2. The molecule has 0 bridgehead atoms. The second-order valence-electron chi connectivity index (χ2n) is 7.40. The lowest BCUT2D eigenvalue weighted by molar-refractivity contribution is -0.137. The predicted molar refractivity (Wildman–Crippen MR) is 110 cm³/mol. The van der Waals surface area contributed by atoms with Gasteiger partial charge in [-0.05, 0) is 36.8 Å². The van der Waals surface area contributed by atoms with Gasteiger partial charge in [0, 0.05) is 38.6 Å². The molecule has 32 heavy (non-hydrogen) atoms. The summed E-state index contributed by atoms with van der Waals surface area (Å²) in [6, 6.07) is 7.72. The van der Waals surface area contributed by atoms with E-state index in [1.165, 1.54) is 27.9 Å². The largest absolute Gasteiger partial charge is 0.416 e. The van der Waals surface area contributed by atoms with Gasteiger partial charge in [0.15, 0.2) is 5.82 Å². The molecule has 11 heteroatoms. The number of halogens is 3. The van der Waals surface area contributed by atoms with Crippen molar-refractivity contribution >= 4 is 11.9 Å². The number of amides is 3. The number of benzene rings is 1. The second-order valence-corrected chi connectivity index (χ2v) is 7.40. The minimum Gasteiger partial charge on any atom is -0.351 e. The Labute approximate surface area is 181 Å². The fraction of sp³-hybridized carbons (Fsp3) is 0.286. The standard InChI is InChI=1S/C21H21F3N6O2/c22-21(23,24)15-5-3-6-16(13-15)30-18(27-7-1-2-8-27)17(14-26-30)19(31)28-9-4-10-29(12-11-28)20(25)32/h1-3,5-8,13-14H,4,9-12H2,(H2,25,32). The molecule has 3 heterocycles. The molecular formula is C21H21F3N6O2. The molecule has 1 saturated heterocycles. The Kier molecular flexibility index (Phi) is 5.64. The third-order valence-corrected chi connectivity index (χ3v) is 5.34. The summed E-state index contributed by atoms with van der Waals surface area (Å²) in [7, 11) is 0. The lowest BCUT2D eigenvalue weighted by Gasteiger charge is -2.21. The van der Waals surface area contributed by atoms with Crippen LogP contribution in [0.25, 0.3) is 11.5 Å². The molecule has 3 aromatic rings. The highest BCUT2D eigenvalue weighted by molar-refractivity contribution is 5.97. The van der Waals surface area contributed by atoms with Crippen LogP contribution < -0.4 is 5.73 Å². The summed E-state index contributed by atoms with van der Waals surface area (Å²) in [6.45, 7) is 1.47. The minimum atomic E-state index is -4.51. The van der Waals surface area contributed by atoms with E-state index in [0.29, 0.717) is 38.4 Å². The number of hydrogen-bond donors (Lipinski definition) is 1. The highest BCUT2D eigenvalue weighted by Crippen LogP contribution is 2.31. The highest BCUT2D eigenvalue weighted by atomic mass is 19.4. The molecule has 0 radical (unpaired) electrons. The molecule has 4 rings (SSSR count). The minimum absolute atomic E-state index is 0.179. The van der Waals surface area contributed by atoms with Gasteiger partial charge in [-0.15, -0.1) is 0 Å². The first-order valence-electron chi connectivity index (χ1n) is 9.98. The van der Waals surface area contributed by atoms with Crippen molar-refractivity contribution in [2.75, 3.05) is 26.2 Å². The van der Waals surface area contributed by atoms with Crippen LogP contribution >= 0.6 is 0 Å². The molecule has 2 aromatic heterocycles. The summed E-state index contributed by atoms with van der Waals surface area (Å²) >= 11 is 0. The molecule has 1 aliphatic rings. The number of urea groups is 1. The molecule has 0 atom stereocenters. The zero-order valence-electron chi connectivity index (χ0n) is 17.0. The van der Waals surface area contributed by atoms with Gasteiger partial charge in [0.2, 0.25) is 0 Å². The summed E-state index contributed by atoms with van der Waals surface area (Å²) in [5.41, 5.74) is 4.97. The number of carbonyl (C=O) groups is 2. The van der Waals surface area contributed by atoms with E-state index in [9.17, 15) is 22.8 Å². The van der Waals surface area contributed by atoms with Crippen molar-refractivity contribution in [3.8, 4) is 11.5 Å². The Hall–Kier alpha value is -3.76. The first-order chi connectivity index (χ1) is 15.3. The van der Waals surface area contributed by atoms with Crippen molar-refractivity contribution in [3.63, 3.8) is 0 Å². The Morgan fingerprint density at radius 2 is 1.66 bits per heavy atom. The molecule has 2 N–H and O–H groups in total. The van der Waals surface area contributed by atoms with Crippen LogP contribution in [0, 0.1) is 0 Å². The third kappa shape index (κ3) is 4.18. The van der Waals surface area contributed by atoms with E-state index in [1.807, 2.05) is 0 Å². The van der Waals surface area contributed by atoms with Crippen molar-refractivity contribution in [3.05, 3.63) is 66.1 Å². The monoisotopic (exact) mass is 446 g/mol. The van der Waals surface area contributed by atoms with Gasteiger partial charge >= 0.3 is 12.2 Å². The van der Waals surface area contributed by atoms with Crippen LogP contribution in [0.1, 0.15) is 22.3 Å². The van der Waals surface area contributed by atoms with Crippen LogP contribution in [0.4, 0.5) is 18.0 Å². The molecule has 1 aromatic carbocycles. The zero-order valence-corrected chi connectivity index (χ0v) is 17.0. The Morgan fingerprint density at radius 1 is 0.969 bits per heavy atom. The van der Waals surface area contributed by atoms with Crippen molar-refractivity contribution in [1.82, 2.24) is 24.1 Å². The highest BCUT2D eigenvalue weighted by Gasteiger charge is 2.31. The van der Waals surface area contributed by atoms with E-state index >= 15 is 0 Å². The molecule has 0 aliphatic carbocycles. The average Bonchev–Trinajstić information content (AvgIpc) is 3.36. The first kappa shape index (κ1) is 21.5. The van der Waals surface area contributed by atoms with E-state index in [1.54, 1.807) is 34.0 Å². The van der Waals surface area contributed by atoms with Gasteiger partial charge in [-0.3, -0.25) is 4.79 Å². The van der Waals surface area contributed by atoms with Crippen LogP contribution in [-0.2, 0) is 6.18 Å². The quantitative estimate of drug-likeness (QED) is 0.671. The van der Waals surface area contributed by atoms with Crippen LogP contribution in [0.2, 0.25) is 0 Å². The SMILES string of the molecule is NC(=O)N1CCCN(C(=O)c2cnn(-c3cccc(C(F)(F)F)c3)c2-n2cccc2)CC1. The Bertz CT molecular complexity index is 1120. The fourth-order valence-electron chi connectivity index (χ4n) is 3.73. The number of hydrogen-bond acceptors (Lipinski definition) is 3. The fourth-order valence-corrected chi connectivity index (χ4v) is 3.73. The van der Waals surface area contributed by atoms with Gasteiger partial charge in [0.1, 0.15) is 5.56 Å². The predicted octanol–water partition coefficient (Wildman–Crippen LogP) is 2.91. The van der Waals surface area contributed by atoms with E-state index in [0.717, 1.165) is 12.1 Å². The molecule has 8 nitrogen and oxygen atoms in total. The van der Waals surface area contributed by atoms with Gasteiger partial charge < -0.3 is 20.1 Å². The molecule has 0 saturated carbocycles. The second kappa shape index (κ2) is 8.40. The van der Waals surface area contributed by atoms with Crippen LogP contribution in [0.3, 0.4) is 0 Å². The van der Waals surface area contributed by atoms with Gasteiger partial charge in [-0.25, -0.2) is 9.48 Å². The van der Waals surface area contributed by atoms with E-state index in [2.05, 4.69) is 5.10 Å². The number of nitrogens with two attached hydrogens (primary N) is 1. The van der Waals surface area contributed by atoms with Crippen LogP contribution in [-0.4, -0.2) is 62.3 Å². The third-order valence-electron chi connectivity index (χ3n) is 5.34. The molecule has 1 aliphatic heterocycles. The maximum atomic E-state index is 13.4. The first-order valence-corrected chi connectivity index (χ1v) is 9.98. The maximum Gasteiger partial charge on any atom is 0.416 e. The Balaban J connectivity index is 1.73. The van der Waals surface area contributed by atoms with Crippen LogP contribution in [0.5, 0.6) is 0 Å². The number of aromatic nitrogens is 3. The number of nitrogens with zero attached hydrogens (tertiary/aromatic N) is 5. The van der Waals surface area contributed by atoms with E-state index < -0.39 is 17.8 Å². The topological polar surface area (TPSA) is 89.4 Å². The number of alkyl halides is 3. The summed E-state index contributed by atoms with van der Waals surface area (Å²) in [6.07, 6.45) is 0.794. The number of rotatable bonds is 3. The van der Waals surface area contributed by atoms with E-state index in [4.69, 9.17) is 5.73 Å². The summed E-state index contributed by atoms with van der Waals surface area (Å²) in [4.78, 5) is 27.9. The molecule has 0 spiro atoms. The van der Waals surface area contributed by atoms with Crippen molar-refractivity contribution in [1.29, 1.82) is 0 Å². The zero-order chi connectivity index (χ0) is 22.9. The summed E-state index contributed by atoms with van der Waals surface area (Å²) in [5.74, 6) is 0.00794. The number of primary amides is 1. The lowest BCUT2D eigenvalue weighted by Crippen LogP contribution is -2.39. The molecule has 1 fully saturated rings. The van der Waals surface area contributed by atoms with E-state index in [-0.39, 0.29) is 17.2 Å². The lowest BCUT2D eigenvalue weighted by atomic mass is 10.2. The smallest absolute Gasteiger partial charge is 0.351 e. The molecule has 3 amide bonds. The summed E-state index contributed by atoms with van der Waals surface area (Å²) < 4.78 is 42.6. The van der Waals surface area contributed by atoms with Crippen molar-refractivity contribution in [2.45, 2.75) is 12.6 Å². The van der Waals surface area contributed by atoms with Gasteiger partial charge in [0.25, 0.3) is 5.91 Å². The molecule has 0 unspecified atom stereocenters. The Morgan fingerprint density at radius 3 is 2.34 bits per heavy atom. The van der Waals surface area contributed by atoms with Gasteiger partial charge in [-0.2, -0.15) is 18.3 Å². The molecular weight excluding hydrogens is 425 g/mol. The van der Waals surface area contributed by atoms with Crippen molar-refractivity contribution < 1.29 is 22.8 Å². The van der Waals surface area contributed by atoms with Crippen molar-refractivity contribution in [2.24, 2.45) is 5.73 Å². The molecule has 168 valence electrons. The normalized spacial score (nSPS) is 15.0. The van der Waals surface area contributed by atoms with Gasteiger partial charge in [0.05, 0.1) is 17.4 Å². The summed E-state index contributed by atoms with van der Waals surface area (Å²) in [5, 5.41) is 4.24. The maximum absolute atomic E-state index is 13.4.